The molecule has 53 heteroatoms. The third-order valence-corrected chi connectivity index (χ3v) is 23.2. The molecule has 0 fully saturated rings. The van der Waals surface area contributed by atoms with Gasteiger partial charge in [-0.3, -0.25) is 112 Å². The fourth-order valence-electron chi connectivity index (χ4n) is 15.2. The van der Waals surface area contributed by atoms with Crippen LogP contribution in [-0.4, -0.2) is 288 Å². The van der Waals surface area contributed by atoms with Crippen LogP contribution >= 0.6 is 12.6 Å². The number of carboxylic acids is 5. The molecule has 17 amide bonds. The standard InChI is InChI=1S/C96H135N25O27S/c1-49(2)39-65(87(140)117-66(42-53-21-11-7-12-22-53)88(141)113-61(29-33-73(98)122)81(134)107-51(5)79(132)120-71(94(147)148)40-50(3)4)115-89(142)67(43-54-23-13-8-14-24-54)116-86(139)62(30-34-74(99)123)110-85(138)64(32-36-76(126)127)112-82(135)59(27-17-37-104-95(100)101)108-84(137)63(31-35-75(124)125)111-83(136)60(28-18-38-105-96(102)103)109-90(143)68(44-55-47-106-58-26-16-15-25-56(55)58)118-93(146)72(48-149)121-92(145)70(46-78(130)131)119-91(144)69(45-77(128)129)114-80(133)57(97)41-52-19-9-6-10-20-52/h6-16,19-26,47,49-51,57,59-72,106,149H,17-18,27-46,48,97H2,1-5H3,(H2,98,122)(H2,99,123)(H,107,134)(H,108,137)(H,109,143)(H,110,138)(H,111,136)(H,112,135)(H,113,141)(H,114,133)(H,115,142)(H,116,139)(H,117,140)(H,118,146)(H,119,144)(H,120,132)(H,121,145)(H,124,125)(H,126,127)(H,128,129)(H,130,131)(H,147,148)(H4,100,101,104)(H4,102,103,105)/t51-,57-,59-,60-,61-,62-,63-,64-,65-,66-,67-,68-,69-,70-,71-,72-/m0/s1. The van der Waals surface area contributed by atoms with Crippen molar-refractivity contribution in [2.45, 2.75) is 260 Å². The van der Waals surface area contributed by atoms with Gasteiger partial charge >= 0.3 is 29.8 Å². The number of para-hydroxylation sites is 1. The van der Waals surface area contributed by atoms with Crippen molar-refractivity contribution in [2.75, 3.05) is 18.8 Å². The largest absolute Gasteiger partial charge is 0.481 e. The van der Waals surface area contributed by atoms with Gasteiger partial charge in [0.2, 0.25) is 100 Å². The van der Waals surface area contributed by atoms with Crippen molar-refractivity contribution < 1.29 is 131 Å². The van der Waals surface area contributed by atoms with Crippen molar-refractivity contribution in [3.05, 3.63) is 144 Å². The quantitative estimate of drug-likeness (QED) is 0.00749. The Morgan fingerprint density at radius 3 is 0.966 bits per heavy atom. The smallest absolute Gasteiger partial charge is 0.326 e. The summed E-state index contributed by atoms with van der Waals surface area (Å²) in [4.78, 5) is 307. The molecule has 1 heterocycles. The number of nitrogens with one attached hydrogen (secondary N) is 20. The first kappa shape index (κ1) is 123. The molecule has 0 spiro atoms. The first-order valence-corrected chi connectivity index (χ1v) is 48.5. The van der Waals surface area contributed by atoms with Crippen LogP contribution in [0.3, 0.4) is 0 Å². The van der Waals surface area contributed by atoms with Gasteiger partial charge in [0.05, 0.1) is 18.9 Å². The molecule has 0 saturated heterocycles. The minimum absolute atomic E-state index is 0.0306. The Kier molecular flexibility index (Phi) is 52.1. The number of aromatic amines is 1. The van der Waals surface area contributed by atoms with Crippen LogP contribution in [0.5, 0.6) is 0 Å². The predicted octanol–water partition coefficient (Wildman–Crippen LogP) is -5.10. The van der Waals surface area contributed by atoms with Gasteiger partial charge in [-0.15, -0.1) is 0 Å². The highest BCUT2D eigenvalue weighted by atomic mass is 32.1. The lowest BCUT2D eigenvalue weighted by molar-refractivity contribution is -0.143. The highest BCUT2D eigenvalue weighted by Gasteiger charge is 2.41. The molecular weight excluding hydrogens is 1970 g/mol. The van der Waals surface area contributed by atoms with Crippen molar-refractivity contribution in [1.82, 2.24) is 95.4 Å². The van der Waals surface area contributed by atoms with Gasteiger partial charge in [0, 0.05) is 80.9 Å². The van der Waals surface area contributed by atoms with Crippen molar-refractivity contribution in [3.8, 4) is 0 Å². The first-order chi connectivity index (χ1) is 70.4. The van der Waals surface area contributed by atoms with Crippen molar-refractivity contribution >= 4 is 166 Å². The Balaban J connectivity index is 1.48. The molecule has 812 valence electrons. The van der Waals surface area contributed by atoms with Gasteiger partial charge in [-0.1, -0.05) is 137 Å². The Labute approximate surface area is 861 Å². The van der Waals surface area contributed by atoms with Gasteiger partial charge in [-0.05, 0) is 118 Å². The summed E-state index contributed by atoms with van der Waals surface area (Å²) >= 11 is 4.24. The van der Waals surface area contributed by atoms with Gasteiger partial charge in [-0.2, -0.15) is 12.6 Å². The zero-order valence-electron chi connectivity index (χ0n) is 82.8. The van der Waals surface area contributed by atoms with E-state index in [1.54, 1.807) is 143 Å². The van der Waals surface area contributed by atoms with Crippen molar-refractivity contribution in [2.24, 2.45) is 40.5 Å². The number of primary amides is 2. The third kappa shape index (κ3) is 45.8. The number of rotatable bonds is 68. The average molecular weight is 2100 g/mol. The third-order valence-electron chi connectivity index (χ3n) is 22.9. The molecule has 0 bridgehead atoms. The number of guanidine groups is 2. The van der Waals surface area contributed by atoms with E-state index >= 15 is 24.0 Å². The molecule has 149 heavy (non-hydrogen) atoms. The van der Waals surface area contributed by atoms with Gasteiger partial charge in [0.15, 0.2) is 11.9 Å². The molecule has 0 aliphatic rings. The second-order valence-corrected chi connectivity index (χ2v) is 36.5. The number of aliphatic carboxylic acids is 5. The topological polar surface area (TPSA) is 875 Å². The van der Waals surface area contributed by atoms with E-state index in [0.29, 0.717) is 33.2 Å². The van der Waals surface area contributed by atoms with Gasteiger partial charge in [-0.25, -0.2) is 4.79 Å². The molecule has 1 aromatic heterocycles. The highest BCUT2D eigenvalue weighted by Crippen LogP contribution is 2.22. The van der Waals surface area contributed by atoms with E-state index in [9.17, 15) is 107 Å². The number of carbonyl (C=O) groups is 22. The van der Waals surface area contributed by atoms with E-state index < -0.39 is 334 Å². The Morgan fingerprint density at radius 1 is 0.315 bits per heavy atom. The Bertz CT molecular complexity index is 5510. The Hall–Kier alpha value is -16.4. The molecule has 5 rings (SSSR count). The maximum absolute atomic E-state index is 15.1. The van der Waals surface area contributed by atoms with Crippen LogP contribution in [0, 0.1) is 22.7 Å². The van der Waals surface area contributed by atoms with E-state index in [2.05, 4.69) is 108 Å². The van der Waals surface area contributed by atoms with Crippen LogP contribution in [0.4, 0.5) is 0 Å². The number of nitrogens with two attached hydrogens (primary N) is 5. The molecule has 0 aliphatic carbocycles. The van der Waals surface area contributed by atoms with E-state index in [1.165, 1.54) is 13.1 Å². The fraction of sp³-hybridized carbons (Fsp3) is 0.479. The normalized spacial score (nSPS) is 14.3. The molecule has 4 aromatic carbocycles. The van der Waals surface area contributed by atoms with Crippen molar-refractivity contribution in [3.63, 3.8) is 0 Å². The molecule has 35 N–H and O–H groups in total. The molecule has 52 nitrogen and oxygen atoms in total. The van der Waals surface area contributed by atoms with E-state index in [0.717, 1.165) is 0 Å². The van der Waals surface area contributed by atoms with Crippen LogP contribution in [0.2, 0.25) is 0 Å². The molecule has 5 aromatic rings. The second kappa shape index (κ2) is 63.1. The minimum Gasteiger partial charge on any atom is -0.481 e. The number of aromatic nitrogens is 1. The first-order valence-electron chi connectivity index (χ1n) is 47.8. The number of benzene rings is 4. The van der Waals surface area contributed by atoms with E-state index in [-0.39, 0.29) is 64.0 Å². The van der Waals surface area contributed by atoms with Gasteiger partial charge in [0.25, 0.3) is 0 Å². The molecular formula is C96H135N25O27S. The number of carboxylic acid groups (broad SMARTS) is 5. The van der Waals surface area contributed by atoms with Crippen LogP contribution in [0.1, 0.15) is 160 Å². The SMILES string of the molecule is CC(C)C[C@H](NC(=O)[C@H](C)NC(=O)[C@H](CCC(N)=O)NC(=O)[C@H](Cc1ccccc1)NC(=O)[C@H](CC(C)C)NC(=O)[C@H](Cc1ccccc1)NC(=O)[C@H](CCC(N)=O)NC(=O)[C@H](CCC(=O)O)NC(=O)[C@H](CCCNC(=N)N)NC(=O)[C@H](CCC(=O)O)NC(=O)[C@H](CCCNC(=N)N)NC(=O)[C@H](Cc1c[nH]c2ccccc12)NC(=O)[C@H](CS)NC(=O)[C@H](CC(=O)O)NC(=O)[C@H](CC(=O)O)NC(=O)[C@@H](N)Cc1ccccc1)C(=O)O. The summed E-state index contributed by atoms with van der Waals surface area (Å²) in [6.45, 7) is 7.67. The summed E-state index contributed by atoms with van der Waals surface area (Å²) in [5.74, 6) is -29.7. The molecule has 16 atom stereocenters. The number of hydrogen-bond acceptors (Lipinski definition) is 26. The molecule has 0 unspecified atom stereocenters. The molecule has 0 aliphatic heterocycles. The molecule has 0 radical (unpaired) electrons. The maximum atomic E-state index is 15.1. The average Bonchev–Trinajstić information content (AvgIpc) is 1.68. The second-order valence-electron chi connectivity index (χ2n) is 36.1. The van der Waals surface area contributed by atoms with Gasteiger partial charge in [0.1, 0.15) is 90.6 Å². The highest BCUT2D eigenvalue weighted by molar-refractivity contribution is 7.80. The summed E-state index contributed by atoms with van der Waals surface area (Å²) in [5, 5.41) is 107. The summed E-state index contributed by atoms with van der Waals surface area (Å²) in [6, 6.07) is 2.95. The number of H-pyrrole nitrogens is 1. The number of thiol groups is 1. The predicted molar refractivity (Wildman–Crippen MR) is 539 cm³/mol. The lowest BCUT2D eigenvalue weighted by atomic mass is 9.99. The van der Waals surface area contributed by atoms with E-state index in [4.69, 9.17) is 39.5 Å². The number of hydrogen-bond donors (Lipinski definition) is 31. The van der Waals surface area contributed by atoms with Crippen LogP contribution in [0.25, 0.3) is 10.9 Å². The monoisotopic (exact) mass is 2100 g/mol. The minimum atomic E-state index is -2.11. The summed E-state index contributed by atoms with van der Waals surface area (Å²) in [6.07, 6.45) is -9.13. The summed E-state index contributed by atoms with van der Waals surface area (Å²) in [5.41, 5.74) is 30.6. The van der Waals surface area contributed by atoms with Crippen LogP contribution in [0.15, 0.2) is 121 Å². The lowest BCUT2D eigenvalue weighted by Gasteiger charge is -2.29. The van der Waals surface area contributed by atoms with Gasteiger partial charge < -0.3 is 150 Å². The zero-order chi connectivity index (χ0) is 111. The zero-order valence-corrected chi connectivity index (χ0v) is 83.6. The lowest BCUT2D eigenvalue weighted by Crippen LogP contribution is -2.61. The summed E-state index contributed by atoms with van der Waals surface area (Å²) in [7, 11) is 0. The molecule has 0 saturated carbocycles. The van der Waals surface area contributed by atoms with Crippen molar-refractivity contribution in [1.29, 1.82) is 10.8 Å². The Morgan fingerprint density at radius 2 is 0.604 bits per heavy atom. The van der Waals surface area contributed by atoms with Crippen LogP contribution in [-0.2, 0) is 131 Å². The van der Waals surface area contributed by atoms with E-state index in [1.807, 2.05) is 0 Å². The number of carbonyl (C=O) groups excluding carboxylic acids is 17. The fourth-order valence-corrected chi connectivity index (χ4v) is 15.4. The number of fused-ring (bicyclic) bond motifs is 1. The number of amides is 17. The maximum Gasteiger partial charge on any atom is 0.326 e. The summed E-state index contributed by atoms with van der Waals surface area (Å²) < 4.78 is 0. The van der Waals surface area contributed by atoms with Crippen LogP contribution < -0.4 is 119 Å².